The molecular formula is C22H36N5O4S+. The second kappa shape index (κ2) is 14.5. The molecule has 8 N–H and O–H groups in total. The quantitative estimate of drug-likeness (QED) is 0.243. The van der Waals surface area contributed by atoms with E-state index in [9.17, 15) is 19.2 Å². The van der Waals surface area contributed by atoms with E-state index in [4.69, 9.17) is 5.73 Å². The third-order valence-corrected chi connectivity index (χ3v) is 5.39. The summed E-state index contributed by atoms with van der Waals surface area (Å²) in [7, 11) is 0. The van der Waals surface area contributed by atoms with Crippen LogP contribution in [0.2, 0.25) is 0 Å². The molecule has 0 saturated heterocycles. The normalized spacial score (nSPS) is 13.7. The van der Waals surface area contributed by atoms with Crippen molar-refractivity contribution < 1.29 is 24.9 Å². The molecule has 0 spiro atoms. The van der Waals surface area contributed by atoms with Crippen molar-refractivity contribution in [3.05, 3.63) is 35.9 Å². The van der Waals surface area contributed by atoms with Gasteiger partial charge in [-0.3, -0.25) is 19.2 Å². The maximum absolute atomic E-state index is 12.7. The van der Waals surface area contributed by atoms with Crippen LogP contribution in [0.15, 0.2) is 30.3 Å². The Kier molecular flexibility index (Phi) is 12.4. The van der Waals surface area contributed by atoms with Gasteiger partial charge in [-0.1, -0.05) is 44.2 Å². The van der Waals surface area contributed by atoms with Crippen LogP contribution in [0.1, 0.15) is 32.3 Å². The highest BCUT2D eigenvalue weighted by atomic mass is 32.2. The number of benzene rings is 1. The smallest absolute Gasteiger partial charge is 0.278 e. The number of carbonyl (C=O) groups is 4. The molecule has 1 aromatic rings. The lowest BCUT2D eigenvalue weighted by Gasteiger charge is -2.23. The van der Waals surface area contributed by atoms with E-state index < -0.39 is 35.8 Å². The lowest BCUT2D eigenvalue weighted by atomic mass is 10.0. The van der Waals surface area contributed by atoms with Crippen LogP contribution in [0.3, 0.4) is 0 Å². The van der Waals surface area contributed by atoms with E-state index in [1.54, 1.807) is 11.8 Å². The van der Waals surface area contributed by atoms with Crippen LogP contribution in [0, 0.1) is 5.92 Å². The molecule has 0 aromatic heterocycles. The monoisotopic (exact) mass is 466 g/mol. The Morgan fingerprint density at radius 3 is 2.25 bits per heavy atom. The highest BCUT2D eigenvalue weighted by Crippen LogP contribution is 2.07. The first kappa shape index (κ1) is 27.4. The lowest BCUT2D eigenvalue weighted by Crippen LogP contribution is -2.68. The van der Waals surface area contributed by atoms with Gasteiger partial charge in [-0.15, -0.1) is 0 Å². The van der Waals surface area contributed by atoms with Crippen molar-refractivity contribution in [1.82, 2.24) is 16.0 Å². The van der Waals surface area contributed by atoms with E-state index in [-0.39, 0.29) is 18.4 Å². The molecule has 9 nitrogen and oxygen atoms in total. The predicted octanol–water partition coefficient (Wildman–Crippen LogP) is -0.790. The summed E-state index contributed by atoms with van der Waals surface area (Å²) in [5.41, 5.74) is 10.2. The van der Waals surface area contributed by atoms with Crippen LogP contribution < -0.4 is 27.4 Å². The van der Waals surface area contributed by atoms with E-state index in [0.29, 0.717) is 25.0 Å². The maximum atomic E-state index is 12.7. The molecule has 0 aliphatic rings. The Morgan fingerprint density at radius 1 is 1.03 bits per heavy atom. The molecule has 32 heavy (non-hydrogen) atoms. The van der Waals surface area contributed by atoms with Gasteiger partial charge in [0.25, 0.3) is 5.91 Å². The molecule has 0 fully saturated rings. The number of nitrogens with one attached hydrogen (secondary N) is 3. The molecule has 4 amide bonds. The summed E-state index contributed by atoms with van der Waals surface area (Å²) in [6.07, 6.45) is 3.14. The fourth-order valence-corrected chi connectivity index (χ4v) is 3.52. The second-order valence-corrected chi connectivity index (χ2v) is 9.08. The van der Waals surface area contributed by atoms with Gasteiger partial charge in [-0.05, 0) is 36.3 Å². The van der Waals surface area contributed by atoms with Gasteiger partial charge in [0.2, 0.25) is 17.7 Å². The van der Waals surface area contributed by atoms with Gasteiger partial charge in [0.1, 0.15) is 12.1 Å². The van der Waals surface area contributed by atoms with E-state index in [1.807, 2.05) is 50.4 Å². The zero-order chi connectivity index (χ0) is 24.1. The van der Waals surface area contributed by atoms with Crippen molar-refractivity contribution in [2.75, 3.05) is 18.6 Å². The van der Waals surface area contributed by atoms with Gasteiger partial charge in [-0.25, -0.2) is 0 Å². The summed E-state index contributed by atoms with van der Waals surface area (Å²) in [5, 5.41) is 7.85. The number of hydrogen-bond acceptors (Lipinski definition) is 5. The molecule has 1 rings (SSSR count). The number of thioether (sulfide) groups is 1. The first-order chi connectivity index (χ1) is 15.1. The summed E-state index contributed by atoms with van der Waals surface area (Å²) in [5.74, 6) is -1.15. The lowest BCUT2D eigenvalue weighted by molar-refractivity contribution is -0.403. The number of quaternary nitrogens is 1. The summed E-state index contributed by atoms with van der Waals surface area (Å²) >= 11 is 1.54. The van der Waals surface area contributed by atoms with Gasteiger partial charge in [-0.2, -0.15) is 11.8 Å². The van der Waals surface area contributed by atoms with Crippen LogP contribution in [0.5, 0.6) is 0 Å². The molecule has 0 aliphatic heterocycles. The highest BCUT2D eigenvalue weighted by molar-refractivity contribution is 7.98. The van der Waals surface area contributed by atoms with Gasteiger partial charge in [0, 0.05) is 6.42 Å². The van der Waals surface area contributed by atoms with Crippen molar-refractivity contribution in [3.63, 3.8) is 0 Å². The van der Waals surface area contributed by atoms with E-state index in [1.165, 1.54) is 0 Å². The number of primary amides is 1. The molecule has 178 valence electrons. The van der Waals surface area contributed by atoms with Crippen molar-refractivity contribution >= 4 is 35.4 Å². The van der Waals surface area contributed by atoms with E-state index in [0.717, 1.165) is 5.56 Å². The third kappa shape index (κ3) is 10.6. The number of rotatable bonds is 14. The van der Waals surface area contributed by atoms with Crippen LogP contribution in [-0.2, 0) is 25.6 Å². The van der Waals surface area contributed by atoms with E-state index in [2.05, 4.69) is 21.7 Å². The van der Waals surface area contributed by atoms with Crippen molar-refractivity contribution in [3.8, 4) is 0 Å². The Balaban J connectivity index is 2.62. The minimum Gasteiger partial charge on any atom is -0.368 e. The molecular weight excluding hydrogens is 430 g/mol. The molecule has 0 radical (unpaired) electrons. The average molecular weight is 467 g/mol. The number of carbonyl (C=O) groups excluding carboxylic acids is 4. The minimum atomic E-state index is -0.838. The fraction of sp³-hybridized carbons (Fsp3) is 0.545. The van der Waals surface area contributed by atoms with Gasteiger partial charge in [0.05, 0.1) is 6.54 Å². The molecule has 0 unspecified atom stereocenters. The molecule has 3 atom stereocenters. The molecule has 1 aromatic carbocycles. The maximum Gasteiger partial charge on any atom is 0.278 e. The topological polar surface area (TPSA) is 158 Å². The predicted molar refractivity (Wildman–Crippen MR) is 125 cm³/mol. The largest absolute Gasteiger partial charge is 0.368 e. The summed E-state index contributed by atoms with van der Waals surface area (Å²) < 4.78 is 0. The van der Waals surface area contributed by atoms with Crippen molar-refractivity contribution in [2.45, 2.75) is 51.2 Å². The van der Waals surface area contributed by atoms with Gasteiger partial charge >= 0.3 is 0 Å². The summed E-state index contributed by atoms with van der Waals surface area (Å²) in [4.78, 5) is 49.0. The van der Waals surface area contributed by atoms with Gasteiger partial charge in [0.15, 0.2) is 6.04 Å². The van der Waals surface area contributed by atoms with Crippen molar-refractivity contribution in [2.24, 2.45) is 11.7 Å². The number of hydrogen-bond donors (Lipinski definition) is 5. The Hall–Kier alpha value is -2.59. The number of amides is 4. The molecule has 10 heteroatoms. The van der Waals surface area contributed by atoms with Crippen LogP contribution >= 0.6 is 11.8 Å². The molecule has 0 aliphatic carbocycles. The van der Waals surface area contributed by atoms with Crippen LogP contribution in [0.25, 0.3) is 0 Å². The Bertz CT molecular complexity index is 760. The Morgan fingerprint density at radius 2 is 1.69 bits per heavy atom. The Labute approximate surface area is 193 Å². The molecule has 0 heterocycles. The SMILES string of the molecule is CSCC[C@H](NC(=O)[C@H](CC(C)C)NC(=O)CNC(=O)[C@@H]([NH3+])Cc1ccccc1)C(N)=O. The fourth-order valence-electron chi connectivity index (χ4n) is 3.04. The van der Waals surface area contributed by atoms with Crippen LogP contribution in [-0.4, -0.2) is 60.3 Å². The standard InChI is InChI=1S/C22H35N5O4S/c1-14(2)11-18(22(31)27-17(20(24)29)9-10-32-3)26-19(28)13-25-21(30)16(23)12-15-7-5-4-6-8-15/h4-8,14,16-18H,9-13,23H2,1-3H3,(H2,24,29)(H,25,30)(H,26,28)(H,27,31)/p+1/t16-,17-,18-/m0/s1. The molecule has 0 saturated carbocycles. The first-order valence-corrected chi connectivity index (χ1v) is 12.1. The first-order valence-electron chi connectivity index (χ1n) is 10.7. The molecule has 0 bridgehead atoms. The zero-order valence-electron chi connectivity index (χ0n) is 19.1. The zero-order valence-corrected chi connectivity index (χ0v) is 19.9. The van der Waals surface area contributed by atoms with Gasteiger partial charge < -0.3 is 27.4 Å². The van der Waals surface area contributed by atoms with Crippen LogP contribution in [0.4, 0.5) is 0 Å². The highest BCUT2D eigenvalue weighted by Gasteiger charge is 2.26. The van der Waals surface area contributed by atoms with E-state index >= 15 is 0 Å². The van der Waals surface area contributed by atoms with Crippen molar-refractivity contribution in [1.29, 1.82) is 0 Å². The number of nitrogens with two attached hydrogens (primary N) is 1. The summed E-state index contributed by atoms with van der Waals surface area (Å²) in [6.45, 7) is 3.57. The average Bonchev–Trinajstić information content (AvgIpc) is 2.74. The minimum absolute atomic E-state index is 0.119. The second-order valence-electron chi connectivity index (χ2n) is 8.10. The third-order valence-electron chi connectivity index (χ3n) is 4.75. The summed E-state index contributed by atoms with van der Waals surface area (Å²) in [6, 6.07) is 7.30.